The van der Waals surface area contributed by atoms with Gasteiger partial charge in [-0.2, -0.15) is 0 Å². The summed E-state index contributed by atoms with van der Waals surface area (Å²) in [6.07, 6.45) is 4.07. The molecule has 1 aromatic heterocycles. The number of amides is 2. The minimum Gasteiger partial charge on any atom is -0.496 e. The standard InChI is InChI=1S/C31H38N4O4/c1-38-29-12-6-5-11-28(29)31(37)34(17-16-32-18-20-39-21-19-32)24-30(36)35(26-13-14-26)23-27-10-7-15-33(27)22-25-8-3-2-4-9-25/h2-12,15,26H,13-14,16-24H2,1H3. The summed E-state index contributed by atoms with van der Waals surface area (Å²) in [6, 6.07) is 21.9. The molecule has 3 aromatic rings. The van der Waals surface area contributed by atoms with E-state index in [1.54, 1.807) is 24.1 Å². The summed E-state index contributed by atoms with van der Waals surface area (Å²) >= 11 is 0. The first kappa shape index (κ1) is 27.0. The lowest BCUT2D eigenvalue weighted by molar-refractivity contribution is -0.133. The molecule has 8 nitrogen and oxygen atoms in total. The fourth-order valence-electron chi connectivity index (χ4n) is 5.09. The van der Waals surface area contributed by atoms with Crippen LogP contribution >= 0.6 is 0 Å². The molecule has 2 heterocycles. The van der Waals surface area contributed by atoms with E-state index in [1.165, 1.54) is 5.56 Å². The summed E-state index contributed by atoms with van der Waals surface area (Å²) in [5.41, 5.74) is 2.79. The number of carbonyl (C=O) groups excluding carboxylic acids is 2. The molecule has 39 heavy (non-hydrogen) atoms. The van der Waals surface area contributed by atoms with Crippen molar-refractivity contribution in [2.45, 2.75) is 32.0 Å². The molecule has 0 unspecified atom stereocenters. The molecular weight excluding hydrogens is 492 g/mol. The van der Waals surface area contributed by atoms with Gasteiger partial charge in [-0.3, -0.25) is 14.5 Å². The zero-order chi connectivity index (χ0) is 27.0. The third kappa shape index (κ3) is 7.07. The van der Waals surface area contributed by atoms with Crippen LogP contribution in [-0.4, -0.2) is 90.2 Å². The molecule has 0 spiro atoms. The number of nitrogens with zero attached hydrogens (tertiary/aromatic N) is 4. The second-order valence-corrected chi connectivity index (χ2v) is 10.2. The third-order valence-electron chi connectivity index (χ3n) is 7.50. The molecule has 2 aromatic carbocycles. The summed E-state index contributed by atoms with van der Waals surface area (Å²) in [5, 5.41) is 0. The summed E-state index contributed by atoms with van der Waals surface area (Å²) in [5.74, 6) is 0.316. The van der Waals surface area contributed by atoms with E-state index >= 15 is 0 Å². The number of aromatic nitrogens is 1. The van der Waals surface area contributed by atoms with Crippen molar-refractivity contribution in [3.05, 3.63) is 89.7 Å². The maximum atomic E-state index is 13.8. The highest BCUT2D eigenvalue weighted by atomic mass is 16.5. The van der Waals surface area contributed by atoms with Crippen LogP contribution in [0.1, 0.15) is 34.5 Å². The van der Waals surface area contributed by atoms with Gasteiger partial charge in [-0.05, 0) is 42.7 Å². The Morgan fingerprint density at radius 2 is 1.72 bits per heavy atom. The van der Waals surface area contributed by atoms with Crippen molar-refractivity contribution in [1.29, 1.82) is 0 Å². The van der Waals surface area contributed by atoms with Crippen molar-refractivity contribution in [3.8, 4) is 5.75 Å². The van der Waals surface area contributed by atoms with E-state index in [1.807, 2.05) is 41.3 Å². The van der Waals surface area contributed by atoms with Gasteiger partial charge in [0.2, 0.25) is 5.91 Å². The van der Waals surface area contributed by atoms with Gasteiger partial charge in [0.25, 0.3) is 5.91 Å². The van der Waals surface area contributed by atoms with E-state index in [2.05, 4.69) is 33.9 Å². The zero-order valence-electron chi connectivity index (χ0n) is 22.7. The van der Waals surface area contributed by atoms with Gasteiger partial charge in [0.1, 0.15) is 12.3 Å². The summed E-state index contributed by atoms with van der Waals surface area (Å²) < 4.78 is 13.2. The van der Waals surface area contributed by atoms with Crippen LogP contribution in [0.3, 0.4) is 0 Å². The quantitative estimate of drug-likeness (QED) is 0.359. The first-order valence-electron chi connectivity index (χ1n) is 13.8. The number of hydrogen-bond acceptors (Lipinski definition) is 5. The molecule has 0 atom stereocenters. The Kier molecular flexibility index (Phi) is 8.96. The first-order chi connectivity index (χ1) is 19.1. The van der Waals surface area contributed by atoms with Crippen molar-refractivity contribution in [1.82, 2.24) is 19.3 Å². The van der Waals surface area contributed by atoms with Crippen molar-refractivity contribution in [2.24, 2.45) is 0 Å². The molecule has 2 amide bonds. The smallest absolute Gasteiger partial charge is 0.258 e. The lowest BCUT2D eigenvalue weighted by Gasteiger charge is -2.32. The number of morpholine rings is 1. The van der Waals surface area contributed by atoms with Gasteiger partial charge >= 0.3 is 0 Å². The maximum absolute atomic E-state index is 13.8. The Morgan fingerprint density at radius 1 is 0.974 bits per heavy atom. The Labute approximate surface area is 230 Å². The molecule has 8 heteroatoms. The van der Waals surface area contributed by atoms with Crippen LogP contribution in [0.2, 0.25) is 0 Å². The molecule has 1 aliphatic carbocycles. The van der Waals surface area contributed by atoms with Gasteiger partial charge in [0.05, 0.1) is 32.4 Å². The Hall–Kier alpha value is -3.62. The SMILES string of the molecule is COc1ccccc1C(=O)N(CCN1CCOCC1)CC(=O)N(Cc1cccn1Cc1ccccc1)C1CC1. The normalized spacial score (nSPS) is 15.6. The van der Waals surface area contributed by atoms with Gasteiger partial charge in [-0.1, -0.05) is 42.5 Å². The molecule has 0 bridgehead atoms. The molecule has 2 aliphatic rings. The maximum Gasteiger partial charge on any atom is 0.258 e. The predicted octanol–water partition coefficient (Wildman–Crippen LogP) is 3.51. The number of benzene rings is 2. The molecule has 1 saturated carbocycles. The van der Waals surface area contributed by atoms with Crippen LogP contribution in [0, 0.1) is 0 Å². The monoisotopic (exact) mass is 530 g/mol. The predicted molar refractivity (Wildman–Crippen MR) is 150 cm³/mol. The molecule has 0 radical (unpaired) electrons. The molecule has 206 valence electrons. The van der Waals surface area contributed by atoms with Gasteiger partial charge in [0, 0.05) is 50.7 Å². The van der Waals surface area contributed by atoms with E-state index in [0.29, 0.717) is 44.2 Å². The molecule has 0 N–H and O–H groups in total. The van der Waals surface area contributed by atoms with Crippen molar-refractivity contribution in [3.63, 3.8) is 0 Å². The second kappa shape index (κ2) is 13.0. The van der Waals surface area contributed by atoms with Crippen LogP contribution in [0.4, 0.5) is 0 Å². The topological polar surface area (TPSA) is 67.2 Å². The molecule has 5 rings (SSSR count). The van der Waals surface area contributed by atoms with Crippen LogP contribution in [-0.2, 0) is 22.6 Å². The van der Waals surface area contributed by atoms with Crippen molar-refractivity contribution in [2.75, 3.05) is 53.0 Å². The number of methoxy groups -OCH3 is 1. The van der Waals surface area contributed by atoms with Crippen LogP contribution in [0.15, 0.2) is 72.9 Å². The summed E-state index contributed by atoms with van der Waals surface area (Å²) in [4.78, 5) is 33.5. The number of ether oxygens (including phenoxy) is 2. The average Bonchev–Trinajstić information content (AvgIpc) is 3.73. The van der Waals surface area contributed by atoms with Crippen LogP contribution in [0.5, 0.6) is 5.75 Å². The minimum atomic E-state index is -0.183. The number of carbonyl (C=O) groups is 2. The van der Waals surface area contributed by atoms with Gasteiger partial charge in [0.15, 0.2) is 0 Å². The first-order valence-corrected chi connectivity index (χ1v) is 13.8. The van der Waals surface area contributed by atoms with E-state index in [-0.39, 0.29) is 24.4 Å². The minimum absolute atomic E-state index is 0.0183. The third-order valence-corrected chi connectivity index (χ3v) is 7.50. The zero-order valence-corrected chi connectivity index (χ0v) is 22.7. The van der Waals surface area contributed by atoms with E-state index in [9.17, 15) is 9.59 Å². The largest absolute Gasteiger partial charge is 0.496 e. The average molecular weight is 531 g/mol. The number of hydrogen-bond donors (Lipinski definition) is 0. The Balaban J connectivity index is 1.31. The van der Waals surface area contributed by atoms with Gasteiger partial charge in [-0.25, -0.2) is 0 Å². The van der Waals surface area contributed by atoms with Crippen molar-refractivity contribution >= 4 is 11.8 Å². The molecule has 2 fully saturated rings. The highest BCUT2D eigenvalue weighted by Crippen LogP contribution is 2.29. The number of rotatable bonds is 12. The highest BCUT2D eigenvalue weighted by Gasteiger charge is 2.34. The fraction of sp³-hybridized carbons (Fsp3) is 0.419. The van der Waals surface area contributed by atoms with Gasteiger partial charge < -0.3 is 23.8 Å². The lowest BCUT2D eigenvalue weighted by atomic mass is 10.1. The number of para-hydroxylation sites is 1. The lowest BCUT2D eigenvalue weighted by Crippen LogP contribution is -2.47. The van der Waals surface area contributed by atoms with Crippen LogP contribution in [0.25, 0.3) is 0 Å². The van der Waals surface area contributed by atoms with Crippen molar-refractivity contribution < 1.29 is 19.1 Å². The summed E-state index contributed by atoms with van der Waals surface area (Å²) in [6.45, 7) is 5.53. The Morgan fingerprint density at radius 3 is 2.46 bits per heavy atom. The summed E-state index contributed by atoms with van der Waals surface area (Å²) in [7, 11) is 1.56. The van der Waals surface area contributed by atoms with E-state index in [4.69, 9.17) is 9.47 Å². The highest BCUT2D eigenvalue weighted by molar-refractivity contribution is 5.98. The van der Waals surface area contributed by atoms with E-state index < -0.39 is 0 Å². The fourth-order valence-corrected chi connectivity index (χ4v) is 5.09. The Bertz CT molecular complexity index is 1230. The van der Waals surface area contributed by atoms with Crippen LogP contribution < -0.4 is 4.74 Å². The van der Waals surface area contributed by atoms with Gasteiger partial charge in [-0.15, -0.1) is 0 Å². The molecule has 1 aliphatic heterocycles. The van der Waals surface area contributed by atoms with E-state index in [0.717, 1.165) is 38.2 Å². The molecular formula is C31H38N4O4. The second-order valence-electron chi connectivity index (χ2n) is 10.2. The molecule has 1 saturated heterocycles.